The summed E-state index contributed by atoms with van der Waals surface area (Å²) in [6.07, 6.45) is 1.81. The Morgan fingerprint density at radius 2 is 2.15 bits per heavy atom. The van der Waals surface area contributed by atoms with E-state index in [4.69, 9.17) is 11.0 Å². The van der Waals surface area contributed by atoms with Gasteiger partial charge in [-0.05, 0) is 36.2 Å². The van der Waals surface area contributed by atoms with Crippen molar-refractivity contribution in [3.63, 3.8) is 0 Å². The van der Waals surface area contributed by atoms with Gasteiger partial charge in [-0.3, -0.25) is 0 Å². The molecule has 20 heavy (non-hydrogen) atoms. The molecular formula is C16H18N4. The number of pyridine rings is 1. The van der Waals surface area contributed by atoms with Crippen molar-refractivity contribution in [2.24, 2.45) is 5.73 Å². The summed E-state index contributed by atoms with van der Waals surface area (Å²) < 4.78 is 0. The van der Waals surface area contributed by atoms with Gasteiger partial charge in [0.1, 0.15) is 5.82 Å². The van der Waals surface area contributed by atoms with E-state index < -0.39 is 0 Å². The number of nitriles is 1. The molecule has 0 aliphatic rings. The maximum atomic E-state index is 8.91. The first-order valence-electron chi connectivity index (χ1n) is 6.52. The highest BCUT2D eigenvalue weighted by atomic mass is 15.2. The average molecular weight is 266 g/mol. The lowest BCUT2D eigenvalue weighted by Gasteiger charge is -2.19. The van der Waals surface area contributed by atoms with Crippen LogP contribution in [-0.2, 0) is 6.54 Å². The third kappa shape index (κ3) is 3.34. The van der Waals surface area contributed by atoms with Crippen molar-refractivity contribution >= 4 is 5.82 Å². The molecule has 1 aromatic heterocycles. The topological polar surface area (TPSA) is 65.9 Å². The predicted octanol–water partition coefficient (Wildman–Crippen LogP) is 2.61. The Hall–Kier alpha value is -2.38. The van der Waals surface area contributed by atoms with Gasteiger partial charge in [-0.2, -0.15) is 5.26 Å². The molecule has 0 unspecified atom stereocenters. The van der Waals surface area contributed by atoms with E-state index in [-0.39, 0.29) is 6.04 Å². The number of benzene rings is 1. The second-order valence-electron chi connectivity index (χ2n) is 4.91. The van der Waals surface area contributed by atoms with Crippen molar-refractivity contribution in [3.8, 4) is 6.07 Å². The molecule has 0 saturated heterocycles. The van der Waals surface area contributed by atoms with Crippen LogP contribution in [0.15, 0.2) is 42.6 Å². The fourth-order valence-corrected chi connectivity index (χ4v) is 1.99. The number of nitrogens with zero attached hydrogens (tertiary/aromatic N) is 3. The normalized spacial score (nSPS) is 11.7. The number of hydrogen-bond donors (Lipinski definition) is 1. The zero-order valence-corrected chi connectivity index (χ0v) is 11.7. The van der Waals surface area contributed by atoms with E-state index in [1.807, 2.05) is 55.4 Å². The minimum Gasteiger partial charge on any atom is -0.355 e. The van der Waals surface area contributed by atoms with Gasteiger partial charge in [-0.15, -0.1) is 0 Å². The second kappa shape index (κ2) is 6.18. The van der Waals surface area contributed by atoms with Gasteiger partial charge in [-0.1, -0.05) is 18.2 Å². The number of rotatable bonds is 4. The van der Waals surface area contributed by atoms with Crippen molar-refractivity contribution in [1.82, 2.24) is 4.98 Å². The van der Waals surface area contributed by atoms with Gasteiger partial charge < -0.3 is 10.6 Å². The Morgan fingerprint density at radius 3 is 2.75 bits per heavy atom. The molecule has 102 valence electrons. The molecule has 0 spiro atoms. The molecule has 1 aromatic carbocycles. The second-order valence-corrected chi connectivity index (χ2v) is 4.91. The van der Waals surface area contributed by atoms with Crippen molar-refractivity contribution < 1.29 is 0 Å². The van der Waals surface area contributed by atoms with Crippen LogP contribution in [0.25, 0.3) is 0 Å². The Bertz CT molecular complexity index is 611. The Morgan fingerprint density at radius 1 is 1.35 bits per heavy atom. The molecule has 1 atom stereocenters. The van der Waals surface area contributed by atoms with Crippen molar-refractivity contribution in [1.29, 1.82) is 5.26 Å². The summed E-state index contributed by atoms with van der Waals surface area (Å²) in [6, 6.07) is 13.7. The minimum atomic E-state index is -0.00540. The summed E-state index contributed by atoms with van der Waals surface area (Å²) in [5, 5.41) is 8.91. The Balaban J connectivity index is 2.11. The molecule has 2 aromatic rings. The number of aromatic nitrogens is 1. The van der Waals surface area contributed by atoms with Crippen LogP contribution < -0.4 is 10.6 Å². The summed E-state index contributed by atoms with van der Waals surface area (Å²) in [5.74, 6) is 0.886. The van der Waals surface area contributed by atoms with E-state index in [1.165, 1.54) is 0 Å². The van der Waals surface area contributed by atoms with Crippen LogP contribution in [0.5, 0.6) is 0 Å². The van der Waals surface area contributed by atoms with E-state index in [9.17, 15) is 0 Å². The van der Waals surface area contributed by atoms with E-state index >= 15 is 0 Å². The van der Waals surface area contributed by atoms with Gasteiger partial charge in [0.05, 0.1) is 11.6 Å². The van der Waals surface area contributed by atoms with Crippen LogP contribution in [0, 0.1) is 11.3 Å². The highest BCUT2D eigenvalue weighted by molar-refractivity contribution is 5.41. The average Bonchev–Trinajstić information content (AvgIpc) is 2.47. The zero-order valence-electron chi connectivity index (χ0n) is 11.7. The smallest absolute Gasteiger partial charge is 0.128 e. The maximum absolute atomic E-state index is 8.91. The number of hydrogen-bond acceptors (Lipinski definition) is 4. The van der Waals surface area contributed by atoms with Gasteiger partial charge in [-0.25, -0.2) is 4.98 Å². The van der Waals surface area contributed by atoms with E-state index in [0.29, 0.717) is 12.1 Å². The monoisotopic (exact) mass is 266 g/mol. The molecule has 0 saturated carbocycles. The first-order valence-corrected chi connectivity index (χ1v) is 6.52. The largest absolute Gasteiger partial charge is 0.355 e. The summed E-state index contributed by atoms with van der Waals surface area (Å²) in [4.78, 5) is 6.46. The summed E-state index contributed by atoms with van der Waals surface area (Å²) >= 11 is 0. The van der Waals surface area contributed by atoms with E-state index in [1.54, 1.807) is 6.07 Å². The first-order chi connectivity index (χ1) is 9.60. The molecular weight excluding hydrogens is 248 g/mol. The van der Waals surface area contributed by atoms with Crippen molar-refractivity contribution in [2.75, 3.05) is 11.9 Å². The molecule has 0 amide bonds. The Kier molecular flexibility index (Phi) is 4.34. The molecule has 4 heteroatoms. The highest BCUT2D eigenvalue weighted by Crippen LogP contribution is 2.16. The fourth-order valence-electron chi connectivity index (χ4n) is 1.99. The van der Waals surface area contributed by atoms with Crippen molar-refractivity contribution in [2.45, 2.75) is 19.5 Å². The van der Waals surface area contributed by atoms with Gasteiger partial charge in [0.15, 0.2) is 0 Å². The summed E-state index contributed by atoms with van der Waals surface area (Å²) in [5.41, 5.74) is 8.60. The number of nitrogens with two attached hydrogens (primary N) is 1. The van der Waals surface area contributed by atoms with Crippen LogP contribution >= 0.6 is 0 Å². The van der Waals surface area contributed by atoms with Crippen LogP contribution in [0.4, 0.5) is 5.82 Å². The predicted molar refractivity (Wildman–Crippen MR) is 80.1 cm³/mol. The molecule has 0 fully saturated rings. The van der Waals surface area contributed by atoms with Crippen molar-refractivity contribution in [3.05, 3.63) is 59.3 Å². The van der Waals surface area contributed by atoms with Gasteiger partial charge in [0, 0.05) is 25.8 Å². The van der Waals surface area contributed by atoms with Crippen LogP contribution in [0.1, 0.15) is 29.7 Å². The summed E-state index contributed by atoms with van der Waals surface area (Å²) in [7, 11) is 1.98. The molecule has 2 rings (SSSR count). The standard InChI is InChI=1S/C16H18N4/c1-12(18)15-6-7-16(19-10-15)20(2)11-14-5-3-4-13(8-14)9-17/h3-8,10,12H,11,18H2,1-2H3/t12-/m1/s1. The molecule has 4 nitrogen and oxygen atoms in total. The highest BCUT2D eigenvalue weighted by Gasteiger charge is 2.06. The molecule has 2 N–H and O–H groups in total. The molecule has 0 aliphatic heterocycles. The molecule has 1 heterocycles. The third-order valence-corrected chi connectivity index (χ3v) is 3.16. The quantitative estimate of drug-likeness (QED) is 0.923. The SMILES string of the molecule is C[C@@H](N)c1ccc(N(C)Cc2cccc(C#N)c2)nc1. The van der Waals surface area contributed by atoms with Gasteiger partial charge >= 0.3 is 0 Å². The summed E-state index contributed by atoms with van der Waals surface area (Å²) in [6.45, 7) is 2.65. The lowest BCUT2D eigenvalue weighted by molar-refractivity contribution is 0.807. The van der Waals surface area contributed by atoms with Crippen LogP contribution in [0.3, 0.4) is 0 Å². The van der Waals surface area contributed by atoms with Gasteiger partial charge in [0.2, 0.25) is 0 Å². The van der Waals surface area contributed by atoms with Crippen LogP contribution in [-0.4, -0.2) is 12.0 Å². The molecule has 0 aliphatic carbocycles. The van der Waals surface area contributed by atoms with Gasteiger partial charge in [0.25, 0.3) is 0 Å². The fraction of sp³-hybridized carbons (Fsp3) is 0.250. The first kappa shape index (κ1) is 14.0. The van der Waals surface area contributed by atoms with E-state index in [0.717, 1.165) is 16.9 Å². The number of anilines is 1. The van der Waals surface area contributed by atoms with Crippen LogP contribution in [0.2, 0.25) is 0 Å². The zero-order chi connectivity index (χ0) is 14.5. The third-order valence-electron chi connectivity index (χ3n) is 3.16. The Labute approximate surface area is 119 Å². The van der Waals surface area contributed by atoms with E-state index in [2.05, 4.69) is 11.1 Å². The maximum Gasteiger partial charge on any atom is 0.128 e. The minimum absolute atomic E-state index is 0.00540. The lowest BCUT2D eigenvalue weighted by atomic mass is 10.1. The molecule has 0 radical (unpaired) electrons. The molecule has 0 bridgehead atoms. The lowest BCUT2D eigenvalue weighted by Crippen LogP contribution is -2.18.